The van der Waals surface area contributed by atoms with E-state index < -0.39 is 35.8 Å². The number of aromatic carboxylic acids is 1. The van der Waals surface area contributed by atoms with E-state index >= 15 is 0 Å². The molecule has 3 aromatic rings. The number of nitrogens with one attached hydrogen (secondary N) is 1. The second kappa shape index (κ2) is 12.3. The van der Waals surface area contributed by atoms with Gasteiger partial charge >= 0.3 is 5.97 Å². The van der Waals surface area contributed by atoms with E-state index in [9.17, 15) is 24.6 Å². The van der Waals surface area contributed by atoms with Crippen LogP contribution < -0.4 is 11.1 Å². The van der Waals surface area contributed by atoms with Gasteiger partial charge < -0.3 is 15.9 Å². The van der Waals surface area contributed by atoms with Crippen molar-refractivity contribution < 1.29 is 24.6 Å². The normalized spacial score (nSPS) is 17.1. The first-order valence-electron chi connectivity index (χ1n) is 12.3. The number of aromatic nitrogens is 1. The second-order valence-electron chi connectivity index (χ2n) is 9.21. The van der Waals surface area contributed by atoms with Gasteiger partial charge in [0.25, 0.3) is 5.91 Å². The molecule has 3 atom stereocenters. The van der Waals surface area contributed by atoms with Gasteiger partial charge in [-0.15, -0.1) is 0 Å². The van der Waals surface area contributed by atoms with Crippen LogP contribution in [0.15, 0.2) is 66.9 Å². The average molecular weight is 537 g/mol. The van der Waals surface area contributed by atoms with E-state index in [0.29, 0.717) is 42.3 Å². The highest BCUT2D eigenvalue weighted by atomic mass is 35.5. The zero-order chi connectivity index (χ0) is 27.2. The Morgan fingerprint density at radius 2 is 1.92 bits per heavy atom. The number of likely N-dealkylation sites (tertiary alicyclic amines) is 1. The minimum absolute atomic E-state index is 0.00609. The summed E-state index contributed by atoms with van der Waals surface area (Å²) in [5.41, 5.74) is 8.46. The Balaban J connectivity index is 1.52. The number of carbonyl (C=O) groups excluding carboxylic acids is 2. The SMILES string of the molecule is NCc1ccc(Cl)cc1CN1CCC[C@H]1C(=O)NC(=O)[C@H](O)[C@H](c1cccc(C(=O)O)c1)c1ccccn1. The van der Waals surface area contributed by atoms with Crippen LogP contribution in [0.3, 0.4) is 0 Å². The molecule has 5 N–H and O–H groups in total. The van der Waals surface area contributed by atoms with Crippen molar-refractivity contribution in [3.8, 4) is 0 Å². The lowest BCUT2D eigenvalue weighted by atomic mass is 9.88. The molecule has 9 nitrogen and oxygen atoms in total. The number of imide groups is 1. The van der Waals surface area contributed by atoms with Gasteiger partial charge in [0.15, 0.2) is 0 Å². The number of benzene rings is 2. The van der Waals surface area contributed by atoms with E-state index in [1.807, 2.05) is 17.0 Å². The van der Waals surface area contributed by atoms with Gasteiger partial charge in [0, 0.05) is 24.3 Å². The average Bonchev–Trinajstić information content (AvgIpc) is 3.38. The van der Waals surface area contributed by atoms with Crippen molar-refractivity contribution in [1.29, 1.82) is 0 Å². The fraction of sp³-hybridized carbons (Fsp3) is 0.286. The van der Waals surface area contributed by atoms with Gasteiger partial charge in [-0.25, -0.2) is 4.79 Å². The Labute approximate surface area is 225 Å². The number of aliphatic hydroxyl groups excluding tert-OH is 1. The van der Waals surface area contributed by atoms with E-state index in [1.165, 1.54) is 24.4 Å². The zero-order valence-electron chi connectivity index (χ0n) is 20.6. The summed E-state index contributed by atoms with van der Waals surface area (Å²) >= 11 is 6.17. The van der Waals surface area contributed by atoms with E-state index in [1.54, 1.807) is 30.3 Å². The van der Waals surface area contributed by atoms with Crippen LogP contribution in [0.1, 0.15) is 51.5 Å². The summed E-state index contributed by atoms with van der Waals surface area (Å²) in [5, 5.41) is 23.5. The predicted molar refractivity (Wildman–Crippen MR) is 141 cm³/mol. The lowest BCUT2D eigenvalue weighted by Crippen LogP contribution is -2.49. The van der Waals surface area contributed by atoms with Crippen molar-refractivity contribution in [2.45, 2.75) is 44.0 Å². The standard InChI is InChI=1S/C28H29ClN4O5/c29-21-10-9-19(15-30)20(14-21)16-33-12-4-8-23(33)26(35)32-27(36)25(34)24(22-7-1-2-11-31-22)17-5-3-6-18(13-17)28(37)38/h1-3,5-7,9-11,13-14,23-25,34H,4,8,12,15-16,30H2,(H,37,38)(H,32,35,36)/t23-,24+,25+/m0/s1. The highest BCUT2D eigenvalue weighted by Crippen LogP contribution is 2.28. The fourth-order valence-corrected chi connectivity index (χ4v) is 5.04. The topological polar surface area (TPSA) is 146 Å². The first-order valence-corrected chi connectivity index (χ1v) is 12.6. The van der Waals surface area contributed by atoms with Crippen molar-refractivity contribution in [2.75, 3.05) is 6.54 Å². The van der Waals surface area contributed by atoms with Crippen molar-refractivity contribution in [3.05, 3.63) is 99.8 Å². The largest absolute Gasteiger partial charge is 0.478 e. The van der Waals surface area contributed by atoms with Gasteiger partial charge in [0.2, 0.25) is 5.91 Å². The summed E-state index contributed by atoms with van der Waals surface area (Å²) in [6.07, 6.45) is 1.15. The van der Waals surface area contributed by atoms with Crippen molar-refractivity contribution in [3.63, 3.8) is 0 Å². The molecule has 0 unspecified atom stereocenters. The number of rotatable bonds is 9. The number of amides is 2. The molecule has 1 aliphatic heterocycles. The van der Waals surface area contributed by atoms with Crippen molar-refractivity contribution >= 4 is 29.4 Å². The number of nitrogens with two attached hydrogens (primary N) is 1. The lowest BCUT2D eigenvalue weighted by Gasteiger charge is -2.26. The second-order valence-corrected chi connectivity index (χ2v) is 9.64. The van der Waals surface area contributed by atoms with Gasteiger partial charge in [0.1, 0.15) is 6.10 Å². The molecule has 4 rings (SSSR count). The van der Waals surface area contributed by atoms with Crippen molar-refractivity contribution in [2.24, 2.45) is 5.73 Å². The molecule has 0 bridgehead atoms. The number of hydrogen-bond acceptors (Lipinski definition) is 7. The summed E-state index contributed by atoms with van der Waals surface area (Å²) in [6, 6.07) is 15.9. The molecule has 1 fully saturated rings. The maximum atomic E-state index is 13.2. The number of nitrogens with zero attached hydrogens (tertiary/aromatic N) is 2. The van der Waals surface area contributed by atoms with Crippen LogP contribution in [0.2, 0.25) is 5.02 Å². The Morgan fingerprint density at radius 3 is 2.63 bits per heavy atom. The van der Waals surface area contributed by atoms with Crippen LogP contribution in [-0.2, 0) is 22.7 Å². The molecule has 2 aromatic carbocycles. The lowest BCUT2D eigenvalue weighted by molar-refractivity contribution is -0.138. The molecular formula is C28H29ClN4O5. The first kappa shape index (κ1) is 27.4. The minimum atomic E-state index is -1.69. The molecule has 10 heteroatoms. The molecule has 1 saturated heterocycles. The Kier molecular flexibility index (Phi) is 8.85. The third kappa shape index (κ3) is 6.25. The summed E-state index contributed by atoms with van der Waals surface area (Å²) in [6.45, 7) is 1.43. The van der Waals surface area contributed by atoms with Crippen LogP contribution in [0.25, 0.3) is 0 Å². The van der Waals surface area contributed by atoms with Crippen LogP contribution in [0.5, 0.6) is 0 Å². The van der Waals surface area contributed by atoms with Gasteiger partial charge in [-0.3, -0.25) is 24.8 Å². The maximum Gasteiger partial charge on any atom is 0.335 e. The third-order valence-electron chi connectivity index (χ3n) is 6.76. The molecule has 1 aromatic heterocycles. The maximum absolute atomic E-state index is 13.2. The number of carboxylic acid groups (broad SMARTS) is 1. The zero-order valence-corrected chi connectivity index (χ0v) is 21.3. The molecule has 1 aliphatic rings. The highest BCUT2D eigenvalue weighted by Gasteiger charge is 2.36. The molecule has 2 heterocycles. The predicted octanol–water partition coefficient (Wildman–Crippen LogP) is 2.69. The van der Waals surface area contributed by atoms with Crippen molar-refractivity contribution in [1.82, 2.24) is 15.2 Å². The fourth-order valence-electron chi connectivity index (χ4n) is 4.84. The molecule has 2 amide bonds. The Hall–Kier alpha value is -3.63. The van der Waals surface area contributed by atoms with E-state index in [0.717, 1.165) is 17.5 Å². The number of aliphatic hydroxyl groups is 1. The Bertz CT molecular complexity index is 1320. The number of hydrogen-bond donors (Lipinski definition) is 4. The number of halogens is 1. The van der Waals surface area contributed by atoms with Crippen LogP contribution in [0, 0.1) is 0 Å². The molecule has 0 spiro atoms. The van der Waals surface area contributed by atoms with Gasteiger partial charge in [0.05, 0.1) is 23.2 Å². The number of carbonyl (C=O) groups is 3. The first-order chi connectivity index (χ1) is 18.3. The smallest absolute Gasteiger partial charge is 0.335 e. The molecular weight excluding hydrogens is 508 g/mol. The minimum Gasteiger partial charge on any atom is -0.478 e. The monoisotopic (exact) mass is 536 g/mol. The molecule has 198 valence electrons. The summed E-state index contributed by atoms with van der Waals surface area (Å²) in [4.78, 5) is 44.1. The number of carboxylic acids is 1. The van der Waals surface area contributed by atoms with E-state index in [2.05, 4.69) is 10.3 Å². The highest BCUT2D eigenvalue weighted by molar-refractivity contribution is 6.30. The summed E-state index contributed by atoms with van der Waals surface area (Å²) in [5.74, 6) is -3.52. The molecule has 0 radical (unpaired) electrons. The van der Waals surface area contributed by atoms with Gasteiger partial charge in [-0.2, -0.15) is 0 Å². The van der Waals surface area contributed by atoms with Crippen LogP contribution in [0.4, 0.5) is 0 Å². The molecule has 38 heavy (non-hydrogen) atoms. The Morgan fingerprint density at radius 1 is 1.11 bits per heavy atom. The summed E-state index contributed by atoms with van der Waals surface area (Å²) < 4.78 is 0. The third-order valence-corrected chi connectivity index (χ3v) is 6.99. The van der Waals surface area contributed by atoms with Gasteiger partial charge in [-0.1, -0.05) is 35.9 Å². The van der Waals surface area contributed by atoms with E-state index in [4.69, 9.17) is 17.3 Å². The van der Waals surface area contributed by atoms with E-state index in [-0.39, 0.29) is 5.56 Å². The summed E-state index contributed by atoms with van der Waals surface area (Å²) in [7, 11) is 0. The molecule has 0 aliphatic carbocycles. The molecule has 0 saturated carbocycles. The number of pyridine rings is 1. The van der Waals surface area contributed by atoms with Crippen LogP contribution >= 0.6 is 11.6 Å². The van der Waals surface area contributed by atoms with Crippen LogP contribution in [-0.4, -0.2) is 56.6 Å². The van der Waals surface area contributed by atoms with Gasteiger partial charge in [-0.05, 0) is 72.5 Å². The quantitative estimate of drug-likeness (QED) is 0.326.